The van der Waals surface area contributed by atoms with Gasteiger partial charge in [0.05, 0.1) is 24.2 Å². The molecular formula is C22H26Cl2N2O5. The third-order valence-corrected chi connectivity index (χ3v) is 5.18. The van der Waals surface area contributed by atoms with Crippen LogP contribution in [0.2, 0.25) is 10.0 Å². The first kappa shape index (κ1) is 24.8. The van der Waals surface area contributed by atoms with E-state index in [2.05, 4.69) is 5.32 Å². The summed E-state index contributed by atoms with van der Waals surface area (Å²) in [5, 5.41) is 3.39. The minimum Gasteiger partial charge on any atom is -0.465 e. The number of carbonyl (C=O) groups excluding carboxylic acids is 3. The van der Waals surface area contributed by atoms with Crippen molar-refractivity contribution in [1.82, 2.24) is 10.2 Å². The number of amides is 2. The van der Waals surface area contributed by atoms with Gasteiger partial charge in [-0.1, -0.05) is 37.0 Å². The summed E-state index contributed by atoms with van der Waals surface area (Å²) in [6.45, 7) is 5.69. The van der Waals surface area contributed by atoms with E-state index in [-0.39, 0.29) is 29.0 Å². The highest BCUT2D eigenvalue weighted by molar-refractivity contribution is 6.36. The molecule has 0 radical (unpaired) electrons. The molecule has 1 aromatic carbocycles. The van der Waals surface area contributed by atoms with E-state index < -0.39 is 17.9 Å². The molecule has 0 aliphatic carbocycles. The number of hydrogen-bond donors (Lipinski definition) is 1. The highest BCUT2D eigenvalue weighted by atomic mass is 35.5. The zero-order chi connectivity index (χ0) is 23.3. The highest BCUT2D eigenvalue weighted by Crippen LogP contribution is 2.22. The number of aryl methyl sites for hydroxylation is 1. The molecule has 1 N–H and O–H groups in total. The fourth-order valence-electron chi connectivity index (χ4n) is 3.11. The van der Waals surface area contributed by atoms with Gasteiger partial charge in [-0.3, -0.25) is 9.59 Å². The molecule has 1 heterocycles. The van der Waals surface area contributed by atoms with Crippen LogP contribution in [0.25, 0.3) is 0 Å². The van der Waals surface area contributed by atoms with Gasteiger partial charge >= 0.3 is 5.97 Å². The Labute approximate surface area is 191 Å². The van der Waals surface area contributed by atoms with Crippen molar-refractivity contribution in [1.29, 1.82) is 0 Å². The van der Waals surface area contributed by atoms with Crippen molar-refractivity contribution >= 4 is 41.0 Å². The van der Waals surface area contributed by atoms with Gasteiger partial charge in [-0.05, 0) is 43.5 Å². The summed E-state index contributed by atoms with van der Waals surface area (Å²) in [7, 11) is 2.89. The smallest absolute Gasteiger partial charge is 0.341 e. The standard InChI is InChI=1S/C22H26Cl2N2O5/c1-12(2)8-19(25-20(27)16-7-6-14(23)9-18(16)24)21(28)26(4)11-15-10-17(13(3)31-15)22(29)30-5/h6-7,9-10,12,19H,8,11H2,1-5H3,(H,25,27). The van der Waals surface area contributed by atoms with Crippen LogP contribution in [-0.4, -0.2) is 42.9 Å². The molecule has 2 aromatic rings. The van der Waals surface area contributed by atoms with Crippen LogP contribution in [-0.2, 0) is 16.1 Å². The number of furan rings is 1. The van der Waals surface area contributed by atoms with Gasteiger partial charge in [0.2, 0.25) is 5.91 Å². The average Bonchev–Trinajstić information content (AvgIpc) is 3.05. The summed E-state index contributed by atoms with van der Waals surface area (Å²) >= 11 is 12.0. The molecule has 1 aromatic heterocycles. The maximum absolute atomic E-state index is 13.1. The van der Waals surface area contributed by atoms with Gasteiger partial charge in [0.25, 0.3) is 5.91 Å². The second-order valence-corrected chi connectivity index (χ2v) is 8.49. The maximum atomic E-state index is 13.1. The Morgan fingerprint density at radius 3 is 2.42 bits per heavy atom. The van der Waals surface area contributed by atoms with E-state index in [9.17, 15) is 14.4 Å². The number of benzene rings is 1. The highest BCUT2D eigenvalue weighted by Gasteiger charge is 2.27. The Bertz CT molecular complexity index is 971. The summed E-state index contributed by atoms with van der Waals surface area (Å²) < 4.78 is 10.3. The molecule has 0 aliphatic rings. The first-order valence-electron chi connectivity index (χ1n) is 9.72. The number of methoxy groups -OCH3 is 1. The molecule has 0 saturated heterocycles. The Morgan fingerprint density at radius 2 is 1.84 bits per heavy atom. The summed E-state index contributed by atoms with van der Waals surface area (Å²) in [6.07, 6.45) is 0.435. The van der Waals surface area contributed by atoms with E-state index >= 15 is 0 Å². The largest absolute Gasteiger partial charge is 0.465 e. The number of carbonyl (C=O) groups is 3. The quantitative estimate of drug-likeness (QED) is 0.576. The lowest BCUT2D eigenvalue weighted by Crippen LogP contribution is -2.47. The lowest BCUT2D eigenvalue weighted by molar-refractivity contribution is -0.133. The summed E-state index contributed by atoms with van der Waals surface area (Å²) in [4.78, 5) is 39.0. The number of esters is 1. The van der Waals surface area contributed by atoms with Gasteiger partial charge in [-0.25, -0.2) is 4.79 Å². The molecule has 1 unspecified atom stereocenters. The Hall–Kier alpha value is -2.51. The van der Waals surface area contributed by atoms with Crippen molar-refractivity contribution in [2.45, 2.75) is 39.8 Å². The van der Waals surface area contributed by atoms with Crippen LogP contribution in [0.3, 0.4) is 0 Å². The van der Waals surface area contributed by atoms with Crippen molar-refractivity contribution in [2.75, 3.05) is 14.2 Å². The first-order valence-corrected chi connectivity index (χ1v) is 10.5. The average molecular weight is 469 g/mol. The molecule has 2 rings (SSSR count). The minimum atomic E-state index is -0.764. The second kappa shape index (κ2) is 10.7. The summed E-state index contributed by atoms with van der Waals surface area (Å²) in [6, 6.07) is 5.34. The van der Waals surface area contributed by atoms with E-state index in [1.165, 1.54) is 24.1 Å². The van der Waals surface area contributed by atoms with Crippen LogP contribution in [0.1, 0.15) is 52.5 Å². The number of rotatable bonds is 8. The number of halogens is 2. The SMILES string of the molecule is COC(=O)c1cc(CN(C)C(=O)C(CC(C)C)NC(=O)c2ccc(Cl)cc2Cl)oc1C. The van der Waals surface area contributed by atoms with Crippen molar-refractivity contribution in [2.24, 2.45) is 5.92 Å². The van der Waals surface area contributed by atoms with Gasteiger partial charge < -0.3 is 19.4 Å². The summed E-state index contributed by atoms with van der Waals surface area (Å²) in [5.41, 5.74) is 0.544. The third-order valence-electron chi connectivity index (χ3n) is 4.63. The van der Waals surface area contributed by atoms with Crippen LogP contribution in [0.5, 0.6) is 0 Å². The van der Waals surface area contributed by atoms with Crippen LogP contribution >= 0.6 is 23.2 Å². The molecule has 0 bridgehead atoms. The van der Waals surface area contributed by atoms with Crippen LogP contribution in [0.4, 0.5) is 0 Å². The molecule has 9 heteroatoms. The van der Waals surface area contributed by atoms with Gasteiger partial charge in [0, 0.05) is 12.1 Å². The molecule has 168 valence electrons. The predicted molar refractivity (Wildman–Crippen MR) is 118 cm³/mol. The monoisotopic (exact) mass is 468 g/mol. The van der Waals surface area contributed by atoms with Crippen molar-refractivity contribution in [3.05, 3.63) is 57.0 Å². The van der Waals surface area contributed by atoms with Crippen molar-refractivity contribution in [3.63, 3.8) is 0 Å². The van der Waals surface area contributed by atoms with E-state index in [1.807, 2.05) is 13.8 Å². The van der Waals surface area contributed by atoms with E-state index in [0.717, 1.165) is 0 Å². The van der Waals surface area contributed by atoms with Gasteiger partial charge in [0.1, 0.15) is 23.1 Å². The number of nitrogens with one attached hydrogen (secondary N) is 1. The van der Waals surface area contributed by atoms with E-state index in [0.29, 0.717) is 28.5 Å². The Kier molecular flexibility index (Phi) is 8.53. The van der Waals surface area contributed by atoms with Crippen LogP contribution in [0.15, 0.2) is 28.7 Å². The molecule has 1 atom stereocenters. The Morgan fingerprint density at radius 1 is 1.16 bits per heavy atom. The number of ether oxygens (including phenoxy) is 1. The fraction of sp³-hybridized carbons (Fsp3) is 0.409. The minimum absolute atomic E-state index is 0.128. The maximum Gasteiger partial charge on any atom is 0.341 e. The molecule has 2 amide bonds. The topological polar surface area (TPSA) is 88.9 Å². The lowest BCUT2D eigenvalue weighted by Gasteiger charge is -2.25. The van der Waals surface area contributed by atoms with Crippen LogP contribution < -0.4 is 5.32 Å². The lowest BCUT2D eigenvalue weighted by atomic mass is 10.0. The fourth-order valence-corrected chi connectivity index (χ4v) is 3.61. The van der Waals surface area contributed by atoms with Gasteiger partial charge in [-0.15, -0.1) is 0 Å². The molecule has 7 nitrogen and oxygen atoms in total. The predicted octanol–water partition coefficient (Wildman–Crippen LogP) is 4.48. The number of nitrogens with zero attached hydrogens (tertiary/aromatic N) is 1. The zero-order valence-electron chi connectivity index (χ0n) is 18.1. The molecule has 0 saturated carbocycles. The van der Waals surface area contributed by atoms with E-state index in [1.54, 1.807) is 26.1 Å². The zero-order valence-corrected chi connectivity index (χ0v) is 19.6. The molecule has 0 aliphatic heterocycles. The summed E-state index contributed by atoms with van der Waals surface area (Å²) in [5.74, 6) is -0.265. The first-order chi connectivity index (χ1) is 14.5. The van der Waals surface area contributed by atoms with Crippen LogP contribution in [0, 0.1) is 12.8 Å². The van der Waals surface area contributed by atoms with Crippen molar-refractivity contribution in [3.8, 4) is 0 Å². The third kappa shape index (κ3) is 6.48. The molecule has 31 heavy (non-hydrogen) atoms. The number of hydrogen-bond acceptors (Lipinski definition) is 5. The van der Waals surface area contributed by atoms with Gasteiger partial charge in [-0.2, -0.15) is 0 Å². The normalized spacial score (nSPS) is 11.9. The van der Waals surface area contributed by atoms with Gasteiger partial charge in [0.15, 0.2) is 0 Å². The van der Waals surface area contributed by atoms with Crippen molar-refractivity contribution < 1.29 is 23.5 Å². The second-order valence-electron chi connectivity index (χ2n) is 7.65. The molecular weight excluding hydrogens is 443 g/mol. The van der Waals surface area contributed by atoms with E-state index in [4.69, 9.17) is 32.4 Å². The Balaban J connectivity index is 2.16. The number of likely N-dealkylation sites (N-methyl/N-ethyl adjacent to an activating group) is 1. The molecule has 0 fully saturated rings. The molecule has 0 spiro atoms.